The molecule has 2 unspecified atom stereocenters. The second-order valence-corrected chi connectivity index (χ2v) is 18.1. The molecule has 4 rings (SSSR count). The summed E-state index contributed by atoms with van der Waals surface area (Å²) in [5.74, 6) is -0.246. The lowest BCUT2D eigenvalue weighted by Gasteiger charge is -2.33. The number of nitriles is 2. The topological polar surface area (TPSA) is 175 Å². The number of hydrazine groups is 1. The van der Waals surface area contributed by atoms with E-state index in [1.807, 2.05) is 63.5 Å². The quantitative estimate of drug-likeness (QED) is 0.0201. The maximum atomic E-state index is 11.1. The lowest BCUT2D eigenvalue weighted by Crippen LogP contribution is -2.43. The minimum atomic E-state index is -3.96. The van der Waals surface area contributed by atoms with Gasteiger partial charge in [-0.2, -0.15) is 18.9 Å². The lowest BCUT2D eigenvalue weighted by atomic mass is 10.1. The molecular formula is C46H63N6O8S2+. The summed E-state index contributed by atoms with van der Waals surface area (Å²) < 4.78 is 62.4. The largest absolute Gasteiger partial charge is 0.379 e. The number of nitrogens with one attached hydrogen (secondary N) is 2. The molecule has 4 aromatic rings. The number of nitrogens with zero attached hydrogens (tertiary/aromatic N) is 4. The van der Waals surface area contributed by atoms with E-state index >= 15 is 0 Å². The molecule has 0 spiro atoms. The fourth-order valence-corrected chi connectivity index (χ4v) is 8.05. The summed E-state index contributed by atoms with van der Waals surface area (Å²) in [6.45, 7) is 11.9. The Morgan fingerprint density at radius 2 is 1.32 bits per heavy atom. The van der Waals surface area contributed by atoms with Crippen molar-refractivity contribution in [3.63, 3.8) is 0 Å². The number of hydrogen-bond acceptors (Lipinski definition) is 13. The standard InChI is InChI=1S/C46H62N6O8S2/c1-6-22-56-26-28-59-43(38-14-9-7-10-15-38)34-51(40-18-19-42(36(2)31-40)49-50-46-41(32-47)37(3)45(33-48)61-46)35-44(39-16-11-8-12-17-39)60-29-27-58-25-24-57-23-21-52(4,5)20-13-30-62(53,54)55/h7-12,14-19,31,43-44,49-50H,6,13,20-30,34-35H2,1-5H3/p+1. The average Bonchev–Trinajstić information content (AvgIpc) is 3.57. The first kappa shape index (κ1) is 50.1. The summed E-state index contributed by atoms with van der Waals surface area (Å²) >= 11 is 1.24. The Kier molecular flexibility index (Phi) is 21.1. The zero-order valence-corrected chi connectivity index (χ0v) is 38.3. The second kappa shape index (κ2) is 26.1. The summed E-state index contributed by atoms with van der Waals surface area (Å²) in [5, 5.41) is 19.9. The van der Waals surface area contributed by atoms with Crippen LogP contribution in [0.25, 0.3) is 0 Å². The van der Waals surface area contributed by atoms with Gasteiger partial charge in [0.05, 0.1) is 83.9 Å². The Morgan fingerprint density at radius 3 is 1.85 bits per heavy atom. The fraction of sp³-hybridized carbons (Fsp3) is 0.478. The van der Waals surface area contributed by atoms with Crippen LogP contribution >= 0.6 is 11.3 Å². The Bertz CT molecular complexity index is 2120. The Morgan fingerprint density at radius 1 is 0.758 bits per heavy atom. The number of likely N-dealkylation sites (N-methyl/N-ethyl adjacent to an activating group) is 1. The first-order chi connectivity index (χ1) is 29.8. The molecule has 0 saturated heterocycles. The van der Waals surface area contributed by atoms with Crippen molar-refractivity contribution in [3.8, 4) is 12.1 Å². The summed E-state index contributed by atoms with van der Waals surface area (Å²) in [5.41, 5.74) is 12.4. The van der Waals surface area contributed by atoms with Crippen LogP contribution in [0, 0.1) is 36.5 Å². The predicted octanol–water partition coefficient (Wildman–Crippen LogP) is 7.68. The van der Waals surface area contributed by atoms with Crippen molar-refractivity contribution in [2.24, 2.45) is 0 Å². The van der Waals surface area contributed by atoms with Crippen molar-refractivity contribution in [3.05, 3.63) is 112 Å². The normalized spacial score (nSPS) is 12.6. The molecule has 1 heterocycles. The maximum Gasteiger partial charge on any atom is 0.265 e. The zero-order chi connectivity index (χ0) is 44.8. The maximum absolute atomic E-state index is 11.1. The number of anilines is 3. The van der Waals surface area contributed by atoms with Gasteiger partial charge in [0.15, 0.2) is 0 Å². The van der Waals surface area contributed by atoms with Gasteiger partial charge in [-0.1, -0.05) is 67.6 Å². The van der Waals surface area contributed by atoms with Gasteiger partial charge in [0.2, 0.25) is 0 Å². The number of ether oxygens (including phenoxy) is 5. The smallest absolute Gasteiger partial charge is 0.265 e. The first-order valence-electron chi connectivity index (χ1n) is 21.0. The van der Waals surface area contributed by atoms with Gasteiger partial charge in [0, 0.05) is 31.8 Å². The van der Waals surface area contributed by atoms with Crippen molar-refractivity contribution < 1.29 is 41.1 Å². The first-order valence-corrected chi connectivity index (χ1v) is 23.4. The SMILES string of the molecule is CCCOCCOC(CN(CC(OCCOCCOCC[N+](C)(C)CCCS(=O)(=O)O)c1ccccc1)c1ccc(NNc2sc(C#N)c(C)c2C#N)c(C)c1)c1ccccc1. The third-order valence-corrected chi connectivity index (χ3v) is 12.1. The van der Waals surface area contributed by atoms with E-state index in [-0.39, 0.29) is 18.0 Å². The molecule has 0 radical (unpaired) electrons. The van der Waals surface area contributed by atoms with Gasteiger partial charge in [-0.3, -0.25) is 15.4 Å². The number of hydrogen-bond donors (Lipinski definition) is 3. The molecule has 336 valence electrons. The number of rotatable bonds is 30. The van der Waals surface area contributed by atoms with E-state index in [0.29, 0.717) is 111 Å². The van der Waals surface area contributed by atoms with Crippen molar-refractivity contribution in [1.82, 2.24) is 0 Å². The van der Waals surface area contributed by atoms with Gasteiger partial charge in [-0.05, 0) is 60.7 Å². The average molecular weight is 892 g/mol. The molecule has 0 aliphatic carbocycles. The third kappa shape index (κ3) is 17.3. The highest BCUT2D eigenvalue weighted by Crippen LogP contribution is 2.33. The van der Waals surface area contributed by atoms with E-state index in [1.165, 1.54) is 11.3 Å². The monoisotopic (exact) mass is 891 g/mol. The van der Waals surface area contributed by atoms with Crippen LogP contribution in [0.4, 0.5) is 16.4 Å². The highest BCUT2D eigenvalue weighted by Gasteiger charge is 2.24. The van der Waals surface area contributed by atoms with Gasteiger partial charge >= 0.3 is 0 Å². The van der Waals surface area contributed by atoms with Gasteiger partial charge in [-0.25, -0.2) is 0 Å². The van der Waals surface area contributed by atoms with E-state index in [1.54, 1.807) is 6.92 Å². The van der Waals surface area contributed by atoms with Crippen LogP contribution in [0.5, 0.6) is 0 Å². The second-order valence-electron chi connectivity index (χ2n) is 15.5. The predicted molar refractivity (Wildman–Crippen MR) is 245 cm³/mol. The molecule has 3 N–H and O–H groups in total. The molecule has 1 aromatic heterocycles. The van der Waals surface area contributed by atoms with Crippen LogP contribution in [-0.2, 0) is 33.8 Å². The summed E-state index contributed by atoms with van der Waals surface area (Å²) in [6.07, 6.45) is 0.721. The molecule has 62 heavy (non-hydrogen) atoms. The third-order valence-electron chi connectivity index (χ3n) is 10.2. The molecule has 2 atom stereocenters. The van der Waals surface area contributed by atoms with Crippen LogP contribution in [0.15, 0.2) is 78.9 Å². The van der Waals surface area contributed by atoms with Crippen molar-refractivity contribution >= 4 is 37.8 Å². The molecule has 3 aromatic carbocycles. The van der Waals surface area contributed by atoms with E-state index in [9.17, 15) is 18.9 Å². The van der Waals surface area contributed by atoms with Crippen molar-refractivity contribution in [1.29, 1.82) is 10.5 Å². The summed E-state index contributed by atoms with van der Waals surface area (Å²) in [6, 6.07) is 30.9. The van der Waals surface area contributed by atoms with Gasteiger partial charge < -0.3 is 33.1 Å². The molecular weight excluding hydrogens is 829 g/mol. The molecule has 0 bridgehead atoms. The van der Waals surface area contributed by atoms with Crippen LogP contribution in [0.3, 0.4) is 0 Å². The Balaban J connectivity index is 1.47. The summed E-state index contributed by atoms with van der Waals surface area (Å²) in [4.78, 5) is 2.79. The number of thiophene rings is 1. The molecule has 14 nitrogen and oxygen atoms in total. The van der Waals surface area contributed by atoms with Crippen LogP contribution in [0.2, 0.25) is 0 Å². The highest BCUT2D eigenvalue weighted by molar-refractivity contribution is 7.85. The van der Waals surface area contributed by atoms with E-state index < -0.39 is 10.1 Å². The molecule has 0 fully saturated rings. The molecule has 0 saturated carbocycles. The van der Waals surface area contributed by atoms with E-state index in [0.717, 1.165) is 34.5 Å². The Hall–Kier alpha value is -4.59. The molecule has 16 heteroatoms. The van der Waals surface area contributed by atoms with Crippen molar-refractivity contribution in [2.75, 3.05) is 115 Å². The Labute approximate surface area is 372 Å². The minimum absolute atomic E-state index is 0.246. The van der Waals surface area contributed by atoms with Crippen LogP contribution in [0.1, 0.15) is 64.7 Å². The van der Waals surface area contributed by atoms with Crippen molar-refractivity contribution in [2.45, 2.75) is 45.8 Å². The molecule has 0 aliphatic heterocycles. The van der Waals surface area contributed by atoms with Gasteiger partial charge in [-0.15, -0.1) is 11.3 Å². The van der Waals surface area contributed by atoms with Gasteiger partial charge in [0.25, 0.3) is 10.1 Å². The van der Waals surface area contributed by atoms with Gasteiger partial charge in [0.1, 0.15) is 40.8 Å². The van der Waals surface area contributed by atoms with E-state index in [4.69, 9.17) is 28.2 Å². The molecule has 0 aliphatic rings. The molecule has 0 amide bonds. The fourth-order valence-electron chi connectivity index (χ4n) is 6.65. The number of aryl methyl sites for hydroxylation is 1. The zero-order valence-electron chi connectivity index (χ0n) is 36.7. The van der Waals surface area contributed by atoms with Crippen LogP contribution in [-0.4, -0.2) is 116 Å². The highest BCUT2D eigenvalue weighted by atomic mass is 32.2. The van der Waals surface area contributed by atoms with E-state index in [2.05, 4.69) is 71.2 Å². The lowest BCUT2D eigenvalue weighted by molar-refractivity contribution is -0.890. The summed E-state index contributed by atoms with van der Waals surface area (Å²) in [7, 11) is 0.0454. The van der Waals surface area contributed by atoms with Crippen LogP contribution < -0.4 is 15.8 Å². The minimum Gasteiger partial charge on any atom is -0.379 e. The number of benzene rings is 3. The number of quaternary nitrogens is 1.